The van der Waals surface area contributed by atoms with Crippen LogP contribution < -0.4 is 14.8 Å². The summed E-state index contributed by atoms with van der Waals surface area (Å²) in [7, 11) is 3.19. The van der Waals surface area contributed by atoms with Gasteiger partial charge in [0.05, 0.1) is 26.5 Å². The molecule has 1 aromatic carbocycles. The smallest absolute Gasteiger partial charge is 0.220 e. The zero-order valence-electron chi connectivity index (χ0n) is 18.7. The number of nitrogens with zero attached hydrogens (tertiary/aromatic N) is 4. The Labute approximate surface area is 181 Å². The topological polar surface area (TPSA) is 102 Å². The van der Waals surface area contributed by atoms with Crippen molar-refractivity contribution in [2.24, 2.45) is 0 Å². The summed E-state index contributed by atoms with van der Waals surface area (Å²) in [5.41, 5.74) is 5.63. The van der Waals surface area contributed by atoms with E-state index in [4.69, 9.17) is 9.47 Å². The highest BCUT2D eigenvalue weighted by molar-refractivity contribution is 5.77. The van der Waals surface area contributed by atoms with Crippen LogP contribution in [0, 0.1) is 32.1 Å². The predicted octanol–water partition coefficient (Wildman–Crippen LogP) is 3.35. The molecule has 0 aliphatic heterocycles. The van der Waals surface area contributed by atoms with Crippen molar-refractivity contribution < 1.29 is 14.3 Å². The molecule has 0 aliphatic carbocycles. The number of nitriles is 1. The molecule has 0 radical (unpaired) electrons. The Bertz CT molecular complexity index is 1180. The number of rotatable bonds is 7. The molecule has 31 heavy (non-hydrogen) atoms. The van der Waals surface area contributed by atoms with Crippen LogP contribution in [0.15, 0.2) is 18.3 Å². The highest BCUT2D eigenvalue weighted by Crippen LogP contribution is 2.32. The van der Waals surface area contributed by atoms with E-state index in [1.807, 2.05) is 39.8 Å². The molecule has 1 N–H and O–H groups in total. The van der Waals surface area contributed by atoms with Crippen LogP contribution >= 0.6 is 0 Å². The Balaban J connectivity index is 1.73. The molecule has 0 aliphatic rings. The Morgan fingerprint density at radius 3 is 2.55 bits per heavy atom. The van der Waals surface area contributed by atoms with Gasteiger partial charge in [-0.25, -0.2) is 9.50 Å². The van der Waals surface area contributed by atoms with Crippen LogP contribution in [0.2, 0.25) is 0 Å². The number of aromatic nitrogens is 3. The van der Waals surface area contributed by atoms with Crippen LogP contribution in [-0.4, -0.2) is 34.7 Å². The van der Waals surface area contributed by atoms with Gasteiger partial charge < -0.3 is 14.8 Å². The number of hydrogen-bond acceptors (Lipinski definition) is 6. The number of methoxy groups -OCH3 is 2. The number of nitrogens with one attached hydrogen (secondary N) is 1. The van der Waals surface area contributed by atoms with Gasteiger partial charge in [0.25, 0.3) is 0 Å². The van der Waals surface area contributed by atoms with E-state index in [0.717, 1.165) is 28.1 Å². The minimum absolute atomic E-state index is 0.0567. The number of carbonyl (C=O) groups excluding carboxylic acids is 1. The van der Waals surface area contributed by atoms with Crippen LogP contribution in [0.1, 0.15) is 53.0 Å². The van der Waals surface area contributed by atoms with E-state index in [9.17, 15) is 10.1 Å². The summed E-state index contributed by atoms with van der Waals surface area (Å²) in [5.74, 6) is 1.24. The second kappa shape index (κ2) is 9.04. The molecular formula is C23H27N5O3. The van der Waals surface area contributed by atoms with Crippen LogP contribution in [0.3, 0.4) is 0 Å². The first-order valence-corrected chi connectivity index (χ1v) is 10.1. The average molecular weight is 422 g/mol. The van der Waals surface area contributed by atoms with Gasteiger partial charge >= 0.3 is 0 Å². The van der Waals surface area contributed by atoms with Gasteiger partial charge in [-0.3, -0.25) is 4.79 Å². The van der Waals surface area contributed by atoms with Crippen molar-refractivity contribution in [3.05, 3.63) is 52.0 Å². The SMILES string of the molecule is COc1cc(C)c(C(C)NC(=O)CCc2c(C)nc3c(C#N)cnn3c2C)cc1OC. The van der Waals surface area contributed by atoms with Gasteiger partial charge in [-0.2, -0.15) is 10.4 Å². The van der Waals surface area contributed by atoms with Crippen molar-refractivity contribution in [1.29, 1.82) is 5.26 Å². The Morgan fingerprint density at radius 1 is 1.23 bits per heavy atom. The van der Waals surface area contributed by atoms with E-state index < -0.39 is 0 Å². The molecule has 1 amide bonds. The molecule has 0 spiro atoms. The highest BCUT2D eigenvalue weighted by atomic mass is 16.5. The van der Waals surface area contributed by atoms with Gasteiger partial charge in [0, 0.05) is 17.8 Å². The van der Waals surface area contributed by atoms with Crippen molar-refractivity contribution in [2.75, 3.05) is 14.2 Å². The number of carbonyl (C=O) groups is 1. The Morgan fingerprint density at radius 2 is 1.90 bits per heavy atom. The second-order valence-electron chi connectivity index (χ2n) is 7.52. The minimum Gasteiger partial charge on any atom is -0.493 e. The monoisotopic (exact) mass is 421 g/mol. The fraction of sp³-hybridized carbons (Fsp3) is 0.391. The number of benzene rings is 1. The third-order valence-electron chi connectivity index (χ3n) is 5.55. The quantitative estimate of drug-likeness (QED) is 0.628. The third-order valence-corrected chi connectivity index (χ3v) is 5.55. The van der Waals surface area contributed by atoms with Crippen LogP contribution in [-0.2, 0) is 11.2 Å². The zero-order valence-corrected chi connectivity index (χ0v) is 18.7. The van der Waals surface area contributed by atoms with Gasteiger partial charge in [-0.05, 0) is 62.9 Å². The molecule has 8 nitrogen and oxygen atoms in total. The predicted molar refractivity (Wildman–Crippen MR) is 116 cm³/mol. The molecule has 3 rings (SSSR count). The molecule has 2 heterocycles. The lowest BCUT2D eigenvalue weighted by Crippen LogP contribution is -2.27. The van der Waals surface area contributed by atoms with Crippen molar-refractivity contribution in [3.8, 4) is 17.6 Å². The van der Waals surface area contributed by atoms with E-state index >= 15 is 0 Å². The molecule has 0 saturated carbocycles. The van der Waals surface area contributed by atoms with E-state index in [-0.39, 0.29) is 11.9 Å². The van der Waals surface area contributed by atoms with Gasteiger partial charge in [-0.15, -0.1) is 0 Å². The summed E-state index contributed by atoms with van der Waals surface area (Å²) < 4.78 is 12.4. The van der Waals surface area contributed by atoms with Gasteiger partial charge in [0.2, 0.25) is 5.91 Å². The molecular weight excluding hydrogens is 394 g/mol. The lowest BCUT2D eigenvalue weighted by atomic mass is 10.0. The van der Waals surface area contributed by atoms with Crippen LogP contribution in [0.25, 0.3) is 5.65 Å². The maximum Gasteiger partial charge on any atom is 0.220 e. The summed E-state index contributed by atoms with van der Waals surface area (Å²) in [6, 6.07) is 5.73. The van der Waals surface area contributed by atoms with Gasteiger partial charge in [0.15, 0.2) is 17.1 Å². The fourth-order valence-corrected chi connectivity index (χ4v) is 3.84. The average Bonchev–Trinajstić information content (AvgIpc) is 3.16. The lowest BCUT2D eigenvalue weighted by molar-refractivity contribution is -0.121. The molecule has 162 valence electrons. The first-order valence-electron chi connectivity index (χ1n) is 10.1. The number of ether oxygens (including phenoxy) is 2. The van der Waals surface area contributed by atoms with E-state index in [0.29, 0.717) is 35.6 Å². The van der Waals surface area contributed by atoms with Crippen molar-refractivity contribution >= 4 is 11.6 Å². The lowest BCUT2D eigenvalue weighted by Gasteiger charge is -2.19. The first kappa shape index (κ1) is 22.1. The van der Waals surface area contributed by atoms with E-state index in [1.54, 1.807) is 18.7 Å². The highest BCUT2D eigenvalue weighted by Gasteiger charge is 2.18. The summed E-state index contributed by atoms with van der Waals surface area (Å²) in [4.78, 5) is 17.2. The van der Waals surface area contributed by atoms with E-state index in [2.05, 4.69) is 21.5 Å². The molecule has 0 bridgehead atoms. The number of amides is 1. The molecule has 0 saturated heterocycles. The second-order valence-corrected chi connectivity index (χ2v) is 7.52. The largest absolute Gasteiger partial charge is 0.493 e. The van der Waals surface area contributed by atoms with Gasteiger partial charge in [-0.1, -0.05) is 0 Å². The van der Waals surface area contributed by atoms with Crippen molar-refractivity contribution in [2.45, 2.75) is 46.6 Å². The fourth-order valence-electron chi connectivity index (χ4n) is 3.84. The van der Waals surface area contributed by atoms with E-state index in [1.165, 1.54) is 6.20 Å². The first-order chi connectivity index (χ1) is 14.8. The summed E-state index contributed by atoms with van der Waals surface area (Å²) in [6.07, 6.45) is 2.36. The minimum atomic E-state index is -0.181. The maximum absolute atomic E-state index is 12.7. The number of hydrogen-bond donors (Lipinski definition) is 1. The summed E-state index contributed by atoms with van der Waals surface area (Å²) >= 11 is 0. The molecule has 0 fully saturated rings. The Hall–Kier alpha value is -3.60. The standard InChI is InChI=1S/C23H27N5O3/c1-13-9-20(30-5)21(31-6)10-19(13)15(3)26-22(29)8-7-18-14(2)27-23-17(11-24)12-25-28(23)16(18)4/h9-10,12,15H,7-8H2,1-6H3,(H,26,29). The third kappa shape index (κ3) is 4.31. The summed E-state index contributed by atoms with van der Waals surface area (Å²) in [5, 5.41) is 16.5. The summed E-state index contributed by atoms with van der Waals surface area (Å²) in [6.45, 7) is 7.75. The Kier molecular flexibility index (Phi) is 6.44. The molecule has 8 heteroatoms. The molecule has 1 atom stereocenters. The normalized spacial score (nSPS) is 11.8. The van der Waals surface area contributed by atoms with Gasteiger partial charge in [0.1, 0.15) is 11.6 Å². The van der Waals surface area contributed by atoms with Crippen LogP contribution in [0.5, 0.6) is 11.5 Å². The molecule has 1 unspecified atom stereocenters. The van der Waals surface area contributed by atoms with Crippen LogP contribution in [0.4, 0.5) is 0 Å². The molecule has 3 aromatic rings. The molecule has 2 aromatic heterocycles. The zero-order chi connectivity index (χ0) is 22.7. The maximum atomic E-state index is 12.7. The van der Waals surface area contributed by atoms with Crippen molar-refractivity contribution in [3.63, 3.8) is 0 Å². The number of aryl methyl sites for hydroxylation is 3. The number of fused-ring (bicyclic) bond motifs is 1. The van der Waals surface area contributed by atoms with Crippen molar-refractivity contribution in [1.82, 2.24) is 19.9 Å².